The Balaban J connectivity index is -0.00000000300. The third-order valence-electron chi connectivity index (χ3n) is 0. The zero-order valence-electron chi connectivity index (χ0n) is 7.01. The average Bonchev–Trinajstić information content (AvgIpc) is 0.811. The molecule has 0 radical (unpaired) electrons. The molecule has 0 spiro atoms. The molecule has 0 aromatic rings. The Hall–Kier alpha value is 1.49. The minimum Gasteiger partial charge on any atom is -1.00 e. The third kappa shape index (κ3) is 102. The van der Waals surface area contributed by atoms with Crippen molar-refractivity contribution in [1.29, 1.82) is 0 Å². The molecular weight excluding hydrogens is 139 g/mol. The van der Waals surface area contributed by atoms with Crippen LogP contribution in [-0.2, 0) is 0 Å². The molecule has 0 aromatic carbocycles. The molecule has 0 saturated heterocycles. The van der Waals surface area contributed by atoms with E-state index in [2.05, 4.69) is 0 Å². The first-order chi connectivity index (χ1) is 1.73. The van der Waals surface area contributed by atoms with Gasteiger partial charge in [-0.3, -0.25) is 0 Å². The molecule has 0 atom stereocenters. The normalized spacial score (nSPS) is 3.43. The van der Waals surface area contributed by atoms with Gasteiger partial charge in [0.15, 0.2) is 0 Å². The summed E-state index contributed by atoms with van der Waals surface area (Å²) in [5.74, 6) is 0. The van der Waals surface area contributed by atoms with Gasteiger partial charge in [-0.2, -0.15) is 0 Å². The van der Waals surface area contributed by atoms with Crippen LogP contribution in [-0.4, -0.2) is 59.6 Å². The maximum atomic E-state index is 8.56. The maximum absolute atomic E-state index is 8.56. The molecule has 0 aromatic heterocycles. The quantitative estimate of drug-likeness (QED) is 0.345. The van der Waals surface area contributed by atoms with E-state index in [1.54, 1.807) is 0 Å². The Bertz CT molecular complexity index is 43.5. The number of hydrogen-bond acceptors (Lipinski definition) is 1. The topological polar surface area (TPSA) is 89.0 Å². The fraction of sp³-hybridized carbons (Fsp3) is 0. The fourth-order valence-electron chi connectivity index (χ4n) is 0. The van der Waals surface area contributed by atoms with Crippen LogP contribution >= 0.6 is 0 Å². The van der Waals surface area contributed by atoms with Crippen molar-refractivity contribution in [2.75, 3.05) is 0 Å². The molecule has 0 fully saturated rings. The summed E-state index contributed by atoms with van der Waals surface area (Å²) in [6.45, 7) is 0. The first-order valence-corrected chi connectivity index (χ1v) is 0.651. The second-order valence-corrected chi connectivity index (χ2v) is 0.283. The van der Waals surface area contributed by atoms with Gasteiger partial charge in [-0.25, -0.2) is 4.79 Å². The van der Waals surface area contributed by atoms with Crippen LogP contribution in [0.5, 0.6) is 0 Å². The van der Waals surface area contributed by atoms with Gasteiger partial charge in [0.05, 0.1) is 0 Å². The predicted molar refractivity (Wildman–Crippen MR) is 23.4 cm³/mol. The molecule has 4 nitrogen and oxygen atoms in total. The van der Waals surface area contributed by atoms with Gasteiger partial charge >= 0.3 is 73.5 Å². The van der Waals surface area contributed by atoms with Gasteiger partial charge < -0.3 is 20.0 Å². The van der Waals surface area contributed by atoms with E-state index in [9.17, 15) is 0 Å². The zero-order chi connectivity index (χ0) is 3.58. The second-order valence-electron chi connectivity index (χ2n) is 0.283. The molecule has 38 valence electrons. The SMILES string of the molecule is O.O=C(O)O.[Ca+2].[H-].[H-].[H-].[Na+]. The molecular formula is CH7CaNaO4. The van der Waals surface area contributed by atoms with E-state index in [1.807, 2.05) is 0 Å². The van der Waals surface area contributed by atoms with Crippen LogP contribution in [0.25, 0.3) is 0 Å². The van der Waals surface area contributed by atoms with E-state index in [0.717, 1.165) is 0 Å². The van der Waals surface area contributed by atoms with Gasteiger partial charge in [0.2, 0.25) is 0 Å². The molecule has 6 heteroatoms. The van der Waals surface area contributed by atoms with Crippen molar-refractivity contribution in [1.82, 2.24) is 0 Å². The molecule has 0 aliphatic carbocycles. The summed E-state index contributed by atoms with van der Waals surface area (Å²) in [6.07, 6.45) is -1.83. The van der Waals surface area contributed by atoms with E-state index >= 15 is 0 Å². The van der Waals surface area contributed by atoms with Crippen molar-refractivity contribution < 1.29 is 54.3 Å². The largest absolute Gasteiger partial charge is 2.00 e. The standard InChI is InChI=1S/CH2O3.Ca.Na.H2O.3H/c2-1(3)4;;;;;;/h(H2,2,3,4);;;1H2;;;/q;+2;+1;;3*-1. The molecule has 7 heavy (non-hydrogen) atoms. The molecule has 0 bridgehead atoms. The minimum absolute atomic E-state index is 0. The third-order valence-corrected chi connectivity index (χ3v) is 0. The van der Waals surface area contributed by atoms with Gasteiger partial charge in [0, 0.05) is 0 Å². The number of carboxylic acid groups (broad SMARTS) is 2. The molecule has 0 amide bonds. The summed E-state index contributed by atoms with van der Waals surface area (Å²) >= 11 is 0. The Labute approximate surface area is 97.0 Å². The second kappa shape index (κ2) is 15.6. The van der Waals surface area contributed by atoms with Gasteiger partial charge in [0.25, 0.3) is 0 Å². The number of hydrogen-bond donors (Lipinski definition) is 2. The Kier molecular flexibility index (Phi) is 52.8. The molecule has 4 N–H and O–H groups in total. The minimum atomic E-state index is -1.83. The summed E-state index contributed by atoms with van der Waals surface area (Å²) in [7, 11) is 0. The van der Waals surface area contributed by atoms with E-state index in [0.29, 0.717) is 0 Å². The molecule has 0 saturated carbocycles. The average molecular weight is 146 g/mol. The predicted octanol–water partition coefficient (Wildman–Crippen LogP) is -3.64. The van der Waals surface area contributed by atoms with Crippen LogP contribution in [0.3, 0.4) is 0 Å². The van der Waals surface area contributed by atoms with Crippen molar-refractivity contribution in [3.05, 3.63) is 0 Å². The van der Waals surface area contributed by atoms with Gasteiger partial charge in [0.1, 0.15) is 0 Å². The number of carbonyl (C=O) groups is 1. The fourth-order valence-corrected chi connectivity index (χ4v) is 0. The maximum Gasteiger partial charge on any atom is 2.00 e. The Morgan fingerprint density at radius 1 is 1.43 bits per heavy atom. The van der Waals surface area contributed by atoms with Crippen LogP contribution in [0.1, 0.15) is 4.28 Å². The van der Waals surface area contributed by atoms with Crippen molar-refractivity contribution in [2.45, 2.75) is 0 Å². The summed E-state index contributed by atoms with van der Waals surface area (Å²) in [5.41, 5.74) is 0. The van der Waals surface area contributed by atoms with E-state index in [-0.39, 0.29) is 77.1 Å². The molecule has 0 unspecified atom stereocenters. The van der Waals surface area contributed by atoms with Crippen molar-refractivity contribution in [3.8, 4) is 0 Å². The Morgan fingerprint density at radius 2 is 1.43 bits per heavy atom. The van der Waals surface area contributed by atoms with Crippen LogP contribution in [0.2, 0.25) is 0 Å². The van der Waals surface area contributed by atoms with E-state index < -0.39 is 6.16 Å². The molecule has 0 heterocycles. The van der Waals surface area contributed by atoms with Gasteiger partial charge in [-0.15, -0.1) is 0 Å². The van der Waals surface area contributed by atoms with E-state index in [1.165, 1.54) is 0 Å². The number of rotatable bonds is 0. The van der Waals surface area contributed by atoms with Crippen molar-refractivity contribution in [2.24, 2.45) is 0 Å². The van der Waals surface area contributed by atoms with Crippen LogP contribution in [0, 0.1) is 0 Å². The first kappa shape index (κ1) is 23.6. The zero-order valence-corrected chi connectivity index (χ0v) is 8.22. The smallest absolute Gasteiger partial charge is 1.00 e. The summed E-state index contributed by atoms with van der Waals surface area (Å²) in [4.78, 5) is 8.56. The Morgan fingerprint density at radius 3 is 1.43 bits per heavy atom. The van der Waals surface area contributed by atoms with Crippen LogP contribution in [0.15, 0.2) is 0 Å². The monoisotopic (exact) mass is 146 g/mol. The molecule has 0 aliphatic heterocycles. The van der Waals surface area contributed by atoms with Crippen molar-refractivity contribution in [3.63, 3.8) is 0 Å². The van der Waals surface area contributed by atoms with Crippen LogP contribution < -0.4 is 29.6 Å². The van der Waals surface area contributed by atoms with Gasteiger partial charge in [-0.1, -0.05) is 0 Å². The van der Waals surface area contributed by atoms with Crippen molar-refractivity contribution >= 4 is 43.9 Å². The van der Waals surface area contributed by atoms with Crippen LogP contribution in [0.4, 0.5) is 4.79 Å². The molecule has 0 aliphatic rings. The van der Waals surface area contributed by atoms with E-state index in [4.69, 9.17) is 15.0 Å². The summed E-state index contributed by atoms with van der Waals surface area (Å²) < 4.78 is 0. The molecule has 0 rings (SSSR count). The van der Waals surface area contributed by atoms with Gasteiger partial charge in [-0.05, 0) is 0 Å². The summed E-state index contributed by atoms with van der Waals surface area (Å²) in [6, 6.07) is 0. The summed E-state index contributed by atoms with van der Waals surface area (Å²) in [5, 5.41) is 13.9. The first-order valence-electron chi connectivity index (χ1n) is 0.651.